The van der Waals surface area contributed by atoms with Gasteiger partial charge in [0.25, 0.3) is 5.91 Å². The summed E-state index contributed by atoms with van der Waals surface area (Å²) in [7, 11) is 1.64. The topological polar surface area (TPSA) is 47.6 Å². The molecule has 0 aliphatic rings. The summed E-state index contributed by atoms with van der Waals surface area (Å²) in [5, 5.41) is 2.86. The molecule has 0 aromatic heterocycles. The number of nitrogens with one attached hydrogen (secondary N) is 1. The Morgan fingerprint density at radius 1 is 1.14 bits per heavy atom. The fraction of sp³-hybridized carbons (Fsp3) is 0.278. The summed E-state index contributed by atoms with van der Waals surface area (Å²) in [6.07, 6.45) is 0. The molecule has 1 amide bonds. The van der Waals surface area contributed by atoms with E-state index in [4.69, 9.17) is 9.47 Å². The second kappa shape index (κ2) is 7.50. The van der Waals surface area contributed by atoms with Gasteiger partial charge in [0, 0.05) is 12.1 Å². The van der Waals surface area contributed by atoms with Gasteiger partial charge in [-0.15, -0.1) is 0 Å². The molecule has 22 heavy (non-hydrogen) atoms. The number of hydrogen-bond donors (Lipinski definition) is 1. The zero-order valence-corrected chi connectivity index (χ0v) is 13.2. The van der Waals surface area contributed by atoms with Crippen LogP contribution in [0.1, 0.15) is 16.7 Å². The summed E-state index contributed by atoms with van der Waals surface area (Å²) in [5.41, 5.74) is 3.22. The molecule has 0 fully saturated rings. The standard InChI is InChI=1S/C18H21NO3/c1-13-9-14(2)16(17(10-13)21-3)11-19-18(20)12-22-15-7-5-4-6-8-15/h4-10H,11-12H2,1-3H3,(H,19,20). The summed E-state index contributed by atoms with van der Waals surface area (Å²) < 4.78 is 10.8. The van der Waals surface area contributed by atoms with Crippen LogP contribution in [-0.2, 0) is 11.3 Å². The zero-order valence-electron chi connectivity index (χ0n) is 13.2. The number of amides is 1. The van der Waals surface area contributed by atoms with Gasteiger partial charge in [-0.25, -0.2) is 0 Å². The molecule has 2 rings (SSSR count). The van der Waals surface area contributed by atoms with Crippen molar-refractivity contribution in [1.29, 1.82) is 0 Å². The first kappa shape index (κ1) is 15.9. The number of rotatable bonds is 6. The number of methoxy groups -OCH3 is 1. The normalized spacial score (nSPS) is 10.1. The first-order valence-corrected chi connectivity index (χ1v) is 7.19. The third kappa shape index (κ3) is 4.25. The van der Waals surface area contributed by atoms with Crippen LogP contribution in [0, 0.1) is 13.8 Å². The predicted molar refractivity (Wildman–Crippen MR) is 86.3 cm³/mol. The van der Waals surface area contributed by atoms with E-state index < -0.39 is 0 Å². The Bertz CT molecular complexity index is 638. The predicted octanol–water partition coefficient (Wildman–Crippen LogP) is 3.01. The minimum atomic E-state index is -0.161. The highest BCUT2D eigenvalue weighted by atomic mass is 16.5. The van der Waals surface area contributed by atoms with E-state index in [1.165, 1.54) is 0 Å². The third-order valence-corrected chi connectivity index (χ3v) is 3.37. The van der Waals surface area contributed by atoms with E-state index in [1.54, 1.807) is 7.11 Å². The fourth-order valence-corrected chi connectivity index (χ4v) is 2.27. The molecule has 1 N–H and O–H groups in total. The van der Waals surface area contributed by atoms with Crippen LogP contribution < -0.4 is 14.8 Å². The maximum atomic E-state index is 11.9. The van der Waals surface area contributed by atoms with Crippen LogP contribution in [0.4, 0.5) is 0 Å². The van der Waals surface area contributed by atoms with Gasteiger partial charge in [0.1, 0.15) is 11.5 Å². The highest BCUT2D eigenvalue weighted by Gasteiger charge is 2.10. The lowest BCUT2D eigenvalue weighted by molar-refractivity contribution is -0.123. The molecule has 0 aliphatic carbocycles. The van der Waals surface area contributed by atoms with Gasteiger partial charge in [0.05, 0.1) is 7.11 Å². The molecule has 0 saturated carbocycles. The molecular weight excluding hydrogens is 278 g/mol. The molecule has 0 spiro atoms. The number of para-hydroxylation sites is 1. The van der Waals surface area contributed by atoms with E-state index in [9.17, 15) is 4.79 Å². The van der Waals surface area contributed by atoms with Crippen LogP contribution in [0.25, 0.3) is 0 Å². The van der Waals surface area contributed by atoms with Crippen LogP contribution in [0.2, 0.25) is 0 Å². The summed E-state index contributed by atoms with van der Waals surface area (Å²) in [5.74, 6) is 1.31. The van der Waals surface area contributed by atoms with E-state index >= 15 is 0 Å². The first-order valence-electron chi connectivity index (χ1n) is 7.19. The van der Waals surface area contributed by atoms with Crippen LogP contribution in [0.15, 0.2) is 42.5 Å². The lowest BCUT2D eigenvalue weighted by atomic mass is 10.0. The second-order valence-corrected chi connectivity index (χ2v) is 5.14. The highest BCUT2D eigenvalue weighted by molar-refractivity contribution is 5.77. The maximum Gasteiger partial charge on any atom is 0.258 e. The molecule has 0 atom stereocenters. The minimum absolute atomic E-state index is 0.00274. The van der Waals surface area contributed by atoms with Gasteiger partial charge in [-0.1, -0.05) is 24.3 Å². The Balaban J connectivity index is 1.91. The molecule has 116 valence electrons. The zero-order chi connectivity index (χ0) is 15.9. The number of aryl methyl sites for hydroxylation is 2. The van der Waals surface area contributed by atoms with Gasteiger partial charge in [-0.2, -0.15) is 0 Å². The quantitative estimate of drug-likeness (QED) is 0.892. The average Bonchev–Trinajstić information content (AvgIpc) is 2.52. The Kier molecular flexibility index (Phi) is 5.42. The molecule has 0 aliphatic heterocycles. The summed E-state index contributed by atoms with van der Waals surface area (Å²) >= 11 is 0. The largest absolute Gasteiger partial charge is 0.496 e. The molecule has 0 unspecified atom stereocenters. The Labute approximate surface area is 131 Å². The number of hydrogen-bond acceptors (Lipinski definition) is 3. The van der Waals surface area contributed by atoms with Crippen molar-refractivity contribution in [3.05, 3.63) is 59.2 Å². The van der Waals surface area contributed by atoms with Gasteiger partial charge in [0.15, 0.2) is 6.61 Å². The molecule has 2 aromatic rings. The molecule has 2 aromatic carbocycles. The average molecular weight is 299 g/mol. The van der Waals surface area contributed by atoms with Gasteiger partial charge in [-0.05, 0) is 43.2 Å². The minimum Gasteiger partial charge on any atom is -0.496 e. The van der Waals surface area contributed by atoms with Crippen LogP contribution in [0.5, 0.6) is 11.5 Å². The number of carbonyl (C=O) groups excluding carboxylic acids is 1. The maximum absolute atomic E-state index is 11.9. The van der Waals surface area contributed by atoms with Crippen LogP contribution >= 0.6 is 0 Å². The van der Waals surface area contributed by atoms with Crippen LogP contribution in [-0.4, -0.2) is 19.6 Å². The molecule has 4 heteroatoms. The molecule has 0 heterocycles. The van der Waals surface area contributed by atoms with Gasteiger partial charge >= 0.3 is 0 Å². The van der Waals surface area contributed by atoms with Gasteiger partial charge < -0.3 is 14.8 Å². The number of benzene rings is 2. The molecule has 0 radical (unpaired) electrons. The first-order chi connectivity index (χ1) is 10.6. The van der Waals surface area contributed by atoms with Crippen molar-refractivity contribution < 1.29 is 14.3 Å². The summed E-state index contributed by atoms with van der Waals surface area (Å²) in [6, 6.07) is 13.3. The highest BCUT2D eigenvalue weighted by Crippen LogP contribution is 2.23. The fourth-order valence-electron chi connectivity index (χ4n) is 2.27. The lowest BCUT2D eigenvalue weighted by Gasteiger charge is -2.14. The molecular formula is C18H21NO3. The van der Waals surface area contributed by atoms with Gasteiger partial charge in [-0.3, -0.25) is 4.79 Å². The SMILES string of the molecule is COc1cc(C)cc(C)c1CNC(=O)COc1ccccc1. The van der Waals surface area contributed by atoms with Crippen LogP contribution in [0.3, 0.4) is 0 Å². The van der Waals surface area contributed by atoms with Crippen molar-refractivity contribution in [1.82, 2.24) is 5.32 Å². The van der Waals surface area contributed by atoms with Gasteiger partial charge in [0.2, 0.25) is 0 Å². The summed E-state index contributed by atoms with van der Waals surface area (Å²) in [4.78, 5) is 11.9. The van der Waals surface area contributed by atoms with Crippen molar-refractivity contribution in [2.45, 2.75) is 20.4 Å². The van der Waals surface area contributed by atoms with E-state index in [0.717, 1.165) is 22.4 Å². The van der Waals surface area contributed by atoms with E-state index in [0.29, 0.717) is 12.3 Å². The number of carbonyl (C=O) groups is 1. The second-order valence-electron chi connectivity index (χ2n) is 5.14. The molecule has 0 bridgehead atoms. The Morgan fingerprint density at radius 3 is 2.55 bits per heavy atom. The third-order valence-electron chi connectivity index (χ3n) is 3.37. The van der Waals surface area contributed by atoms with Crippen molar-refractivity contribution in [2.24, 2.45) is 0 Å². The van der Waals surface area contributed by atoms with E-state index in [2.05, 4.69) is 11.4 Å². The smallest absolute Gasteiger partial charge is 0.258 e. The lowest BCUT2D eigenvalue weighted by Crippen LogP contribution is -2.28. The Hall–Kier alpha value is -2.49. The summed E-state index contributed by atoms with van der Waals surface area (Å²) in [6.45, 7) is 4.45. The van der Waals surface area contributed by atoms with E-state index in [-0.39, 0.29) is 12.5 Å². The Morgan fingerprint density at radius 2 is 1.86 bits per heavy atom. The molecule has 4 nitrogen and oxygen atoms in total. The number of ether oxygens (including phenoxy) is 2. The van der Waals surface area contributed by atoms with Crippen molar-refractivity contribution >= 4 is 5.91 Å². The van der Waals surface area contributed by atoms with Crippen molar-refractivity contribution in [3.63, 3.8) is 0 Å². The molecule has 0 saturated heterocycles. The van der Waals surface area contributed by atoms with E-state index in [1.807, 2.05) is 50.2 Å². The van der Waals surface area contributed by atoms with Crippen molar-refractivity contribution in [2.75, 3.05) is 13.7 Å². The van der Waals surface area contributed by atoms with Crippen molar-refractivity contribution in [3.8, 4) is 11.5 Å². The monoisotopic (exact) mass is 299 g/mol.